The van der Waals surface area contributed by atoms with E-state index in [-0.39, 0.29) is 6.61 Å². The molecule has 0 spiro atoms. The van der Waals surface area contributed by atoms with Crippen molar-refractivity contribution in [2.45, 2.75) is 110 Å². The fourth-order valence-corrected chi connectivity index (χ4v) is 4.32. The molecule has 0 heterocycles. The first-order chi connectivity index (χ1) is 12.6. The van der Waals surface area contributed by atoms with Gasteiger partial charge in [0.15, 0.2) is 0 Å². The first-order valence-electron chi connectivity index (χ1n) is 10.8. The van der Waals surface area contributed by atoms with E-state index in [0.29, 0.717) is 6.42 Å². The zero-order valence-electron chi connectivity index (χ0n) is 17.0. The van der Waals surface area contributed by atoms with Crippen LogP contribution in [0.2, 0.25) is 0 Å². The van der Waals surface area contributed by atoms with Crippen LogP contribution in [0, 0.1) is 0 Å². The molecule has 0 amide bonds. The van der Waals surface area contributed by atoms with Crippen LogP contribution in [0.25, 0.3) is 0 Å². The second-order valence-electron chi connectivity index (χ2n) is 7.24. The Morgan fingerprint density at radius 1 is 0.654 bits per heavy atom. The molecule has 0 aromatic carbocycles. The number of rotatable bonds is 21. The van der Waals surface area contributed by atoms with E-state index in [0.717, 1.165) is 11.5 Å². The molecule has 0 aliphatic heterocycles. The predicted molar refractivity (Wildman–Crippen MR) is 115 cm³/mol. The molecule has 0 aliphatic rings. The number of phosphoric ester groups is 1. The van der Waals surface area contributed by atoms with Gasteiger partial charge in [0.2, 0.25) is 0 Å². The van der Waals surface area contributed by atoms with Crippen LogP contribution >= 0.6 is 19.6 Å². The van der Waals surface area contributed by atoms with Gasteiger partial charge in [-0.25, -0.2) is 4.57 Å². The molecule has 0 saturated heterocycles. The predicted octanol–water partition coefficient (Wildman–Crippen LogP) is 7.09. The van der Waals surface area contributed by atoms with Crippen LogP contribution in [-0.2, 0) is 9.09 Å². The Labute approximate surface area is 166 Å². The molecular weight excluding hydrogens is 367 g/mol. The standard InChI is InChI=1S/C20H43O4PS/c1-2-3-4-5-6-7-8-9-10-11-12-13-14-15-16-19-26-20-17-18-24-25(21,22)23/h2-20H2,1H3,(H2,21,22,23). The Kier molecular flexibility index (Phi) is 20.6. The number of hydrogen-bond acceptors (Lipinski definition) is 3. The maximum atomic E-state index is 10.5. The molecular formula is C20H43O4PS. The minimum Gasteiger partial charge on any atom is -0.303 e. The van der Waals surface area contributed by atoms with Crippen LogP contribution in [0.1, 0.15) is 110 Å². The summed E-state index contributed by atoms with van der Waals surface area (Å²) in [4.78, 5) is 17.1. The van der Waals surface area contributed by atoms with Crippen LogP contribution in [-0.4, -0.2) is 27.9 Å². The lowest BCUT2D eigenvalue weighted by Crippen LogP contribution is -1.94. The molecule has 158 valence electrons. The Hall–Kier alpha value is 0.460. The van der Waals surface area contributed by atoms with Crippen molar-refractivity contribution in [3.8, 4) is 0 Å². The Balaban J connectivity index is 3.02. The number of hydrogen-bond donors (Lipinski definition) is 2. The van der Waals surface area contributed by atoms with Gasteiger partial charge in [0.25, 0.3) is 0 Å². The van der Waals surface area contributed by atoms with Crippen molar-refractivity contribution in [3.63, 3.8) is 0 Å². The second-order valence-corrected chi connectivity index (χ2v) is 9.70. The van der Waals surface area contributed by atoms with Gasteiger partial charge in [-0.15, -0.1) is 0 Å². The summed E-state index contributed by atoms with van der Waals surface area (Å²) in [5.74, 6) is 2.06. The highest BCUT2D eigenvalue weighted by Gasteiger charge is 2.12. The van der Waals surface area contributed by atoms with Gasteiger partial charge in [-0.05, 0) is 24.3 Å². The highest BCUT2D eigenvalue weighted by molar-refractivity contribution is 7.99. The van der Waals surface area contributed by atoms with Gasteiger partial charge in [0.05, 0.1) is 6.61 Å². The zero-order chi connectivity index (χ0) is 19.3. The zero-order valence-corrected chi connectivity index (χ0v) is 18.7. The quantitative estimate of drug-likeness (QED) is 0.156. The van der Waals surface area contributed by atoms with Gasteiger partial charge < -0.3 is 9.79 Å². The van der Waals surface area contributed by atoms with Crippen LogP contribution in [0.5, 0.6) is 0 Å². The van der Waals surface area contributed by atoms with Crippen molar-refractivity contribution < 1.29 is 18.9 Å². The monoisotopic (exact) mass is 410 g/mol. The van der Waals surface area contributed by atoms with E-state index in [1.807, 2.05) is 11.8 Å². The Morgan fingerprint density at radius 2 is 1.04 bits per heavy atom. The fourth-order valence-electron chi connectivity index (χ4n) is 3.02. The Morgan fingerprint density at radius 3 is 1.46 bits per heavy atom. The summed E-state index contributed by atoms with van der Waals surface area (Å²) >= 11 is 1.86. The van der Waals surface area contributed by atoms with Crippen molar-refractivity contribution in [3.05, 3.63) is 0 Å². The van der Waals surface area contributed by atoms with Crippen LogP contribution in [0.3, 0.4) is 0 Å². The molecule has 0 aromatic rings. The van der Waals surface area contributed by atoms with Gasteiger partial charge in [-0.2, -0.15) is 11.8 Å². The molecule has 0 aliphatic carbocycles. The maximum absolute atomic E-state index is 10.5. The second kappa shape index (κ2) is 20.2. The van der Waals surface area contributed by atoms with E-state index >= 15 is 0 Å². The summed E-state index contributed by atoms with van der Waals surface area (Å²) in [5.41, 5.74) is 0. The van der Waals surface area contributed by atoms with Gasteiger partial charge in [-0.1, -0.05) is 96.8 Å². The summed E-state index contributed by atoms with van der Waals surface area (Å²) in [5, 5.41) is 0. The van der Waals surface area contributed by atoms with Crippen LogP contribution in [0.4, 0.5) is 0 Å². The maximum Gasteiger partial charge on any atom is 0.469 e. The molecule has 0 rings (SSSR count). The highest BCUT2D eigenvalue weighted by Crippen LogP contribution is 2.35. The van der Waals surface area contributed by atoms with E-state index in [1.54, 1.807) is 0 Å². The molecule has 2 N–H and O–H groups in total. The average Bonchev–Trinajstić information content (AvgIpc) is 2.59. The minimum atomic E-state index is -4.27. The Bertz CT molecular complexity index is 323. The molecule has 0 unspecified atom stereocenters. The summed E-state index contributed by atoms with van der Waals surface area (Å²) in [6.45, 7) is 2.42. The van der Waals surface area contributed by atoms with E-state index < -0.39 is 7.82 Å². The van der Waals surface area contributed by atoms with E-state index in [2.05, 4.69) is 11.4 Å². The third-order valence-corrected chi connectivity index (χ3v) is 6.26. The van der Waals surface area contributed by atoms with Gasteiger partial charge in [0, 0.05) is 0 Å². The lowest BCUT2D eigenvalue weighted by Gasteiger charge is -2.05. The van der Waals surface area contributed by atoms with E-state index in [9.17, 15) is 4.57 Å². The number of unbranched alkanes of at least 4 members (excludes halogenated alkanes) is 14. The summed E-state index contributed by atoms with van der Waals surface area (Å²) < 4.78 is 14.9. The van der Waals surface area contributed by atoms with Crippen LogP contribution < -0.4 is 0 Å². The fraction of sp³-hybridized carbons (Fsp3) is 1.00. The first kappa shape index (κ1) is 26.5. The summed E-state index contributed by atoms with van der Waals surface area (Å²) in [6, 6.07) is 0. The molecule has 0 bridgehead atoms. The van der Waals surface area contributed by atoms with Crippen molar-refractivity contribution in [1.82, 2.24) is 0 Å². The smallest absolute Gasteiger partial charge is 0.303 e. The molecule has 0 fully saturated rings. The van der Waals surface area contributed by atoms with Crippen molar-refractivity contribution in [2.24, 2.45) is 0 Å². The largest absolute Gasteiger partial charge is 0.469 e. The van der Waals surface area contributed by atoms with Gasteiger partial charge >= 0.3 is 7.82 Å². The lowest BCUT2D eigenvalue weighted by molar-refractivity contribution is 0.198. The molecule has 0 radical (unpaired) electrons. The third-order valence-electron chi connectivity index (χ3n) is 4.58. The summed E-state index contributed by atoms with van der Waals surface area (Å²) in [7, 11) is -4.27. The van der Waals surface area contributed by atoms with E-state index in [4.69, 9.17) is 9.79 Å². The molecule has 26 heavy (non-hydrogen) atoms. The van der Waals surface area contributed by atoms with Crippen molar-refractivity contribution >= 4 is 19.6 Å². The van der Waals surface area contributed by atoms with Gasteiger partial charge in [-0.3, -0.25) is 4.52 Å². The minimum absolute atomic E-state index is 0.149. The molecule has 0 saturated carbocycles. The van der Waals surface area contributed by atoms with Gasteiger partial charge in [0.1, 0.15) is 0 Å². The SMILES string of the molecule is CCCCCCCCCCCCCCCCCSCCCOP(=O)(O)O. The first-order valence-corrected chi connectivity index (χ1v) is 13.5. The number of thioether (sulfide) groups is 1. The topological polar surface area (TPSA) is 66.8 Å². The van der Waals surface area contributed by atoms with Crippen molar-refractivity contribution in [1.29, 1.82) is 0 Å². The molecule has 0 aromatic heterocycles. The van der Waals surface area contributed by atoms with E-state index in [1.165, 1.54) is 96.3 Å². The van der Waals surface area contributed by atoms with Crippen LogP contribution in [0.15, 0.2) is 0 Å². The lowest BCUT2D eigenvalue weighted by atomic mass is 10.0. The highest BCUT2D eigenvalue weighted by atomic mass is 32.2. The van der Waals surface area contributed by atoms with Crippen molar-refractivity contribution in [2.75, 3.05) is 18.1 Å². The number of phosphoric acid groups is 1. The third kappa shape index (κ3) is 24.5. The molecule has 4 nitrogen and oxygen atoms in total. The normalized spacial score (nSPS) is 12.0. The summed E-state index contributed by atoms with van der Waals surface area (Å²) in [6.07, 6.45) is 21.6. The molecule has 6 heteroatoms. The average molecular weight is 411 g/mol. The molecule has 0 atom stereocenters.